The number of nitrogens with one attached hydrogen (secondary N) is 8. The number of hydrogen-bond donors (Lipinski definition) is 20. The van der Waals surface area contributed by atoms with Crippen molar-refractivity contribution in [2.24, 2.45) is 21.5 Å². The number of guanidine groups is 2. The fourth-order valence-corrected chi connectivity index (χ4v) is 9.45. The van der Waals surface area contributed by atoms with E-state index in [1.54, 1.807) is 37.3 Å². The van der Waals surface area contributed by atoms with Gasteiger partial charge in [-0.1, -0.05) is 49.4 Å². The monoisotopic (exact) mass is 1130 g/mol. The van der Waals surface area contributed by atoms with Gasteiger partial charge in [-0.3, -0.25) is 38.8 Å². The van der Waals surface area contributed by atoms with Gasteiger partial charge >= 0.3 is 0 Å². The summed E-state index contributed by atoms with van der Waals surface area (Å²) < 4.78 is 22.6. The quantitative estimate of drug-likeness (QED) is 0.0787. The van der Waals surface area contributed by atoms with E-state index in [2.05, 4.69) is 52.5 Å². The van der Waals surface area contributed by atoms with E-state index in [-0.39, 0.29) is 36.3 Å². The highest BCUT2D eigenvalue weighted by Crippen LogP contribution is 2.31. The first kappa shape index (κ1) is 60.7. The van der Waals surface area contributed by atoms with E-state index in [4.69, 9.17) is 30.4 Å². The minimum absolute atomic E-state index is 0.0294. The van der Waals surface area contributed by atoms with Crippen molar-refractivity contribution in [1.82, 2.24) is 42.5 Å². The van der Waals surface area contributed by atoms with E-state index in [0.29, 0.717) is 5.56 Å². The first-order valence-corrected chi connectivity index (χ1v) is 25.4. The van der Waals surface area contributed by atoms with E-state index in [1.165, 1.54) is 24.3 Å². The second-order valence-electron chi connectivity index (χ2n) is 19.6. The molecule has 0 aromatic heterocycles. The van der Waals surface area contributed by atoms with Gasteiger partial charge in [0.05, 0.1) is 51.5 Å². The van der Waals surface area contributed by atoms with Crippen molar-refractivity contribution in [3.63, 3.8) is 0 Å². The standard InChI is InChI=1S/C48H68N12O20/c1-18(20-5-3-2-4-6-20)29-42(74)54-22(11-19-7-9-21(10-8-19)77-45-38(71)36(69)39(27(17-63)79-45)80-46-37(70)35(68)34(67)26(16-62)78-46)41(73)59-31(33(66)24-13-53-48(50)57-24)44(76)60-30(32(65)23-12-52-47(49)56-23)43(75)55-25(15-61)40(72)51-14-28(64)58-29/h2-10,18,22-27,29-39,45-46,61-63,65-71H,11-17H2,1H3,(H,51,72)(H,54,74)(H,55,75)(H,58,64)(H,59,73)(H,60,76)(H3,49,52,56)(H3,50,53,57)/t18?,22-,23?,24?,25+,26-,27-,29+,30-,31+,32?,33?,34-,35+,36-,37+,38+,39-,45+,46-/m1/s1. The normalized spacial score (nSPS) is 35.1. The number of amides is 6. The Morgan fingerprint density at radius 1 is 0.588 bits per heavy atom. The summed E-state index contributed by atoms with van der Waals surface area (Å²) in [5.41, 5.74) is 12.4. The fraction of sp³-hybridized carbons (Fsp3) is 0.583. The molecule has 2 aromatic rings. The Kier molecular flexibility index (Phi) is 20.5. The van der Waals surface area contributed by atoms with Crippen LogP contribution in [-0.4, -0.2) is 254 Å². The van der Waals surface area contributed by atoms with Crippen molar-refractivity contribution in [2.45, 2.75) is 135 Å². The Labute approximate surface area is 455 Å². The highest BCUT2D eigenvalue weighted by Gasteiger charge is 2.51. The van der Waals surface area contributed by atoms with Gasteiger partial charge < -0.3 is 124 Å². The molecule has 3 fully saturated rings. The lowest BCUT2D eigenvalue weighted by Gasteiger charge is -2.45. The van der Waals surface area contributed by atoms with Crippen LogP contribution in [0.2, 0.25) is 0 Å². The first-order chi connectivity index (χ1) is 38.1. The van der Waals surface area contributed by atoms with E-state index in [9.17, 15) is 79.8 Å². The number of ether oxygens (including phenoxy) is 4. The summed E-state index contributed by atoms with van der Waals surface area (Å²) in [5.74, 6) is -7.77. The summed E-state index contributed by atoms with van der Waals surface area (Å²) in [6, 6.07) is 2.58. The van der Waals surface area contributed by atoms with Crippen LogP contribution in [0.25, 0.3) is 0 Å². The van der Waals surface area contributed by atoms with Gasteiger partial charge in [-0.2, -0.15) is 0 Å². The van der Waals surface area contributed by atoms with Crippen molar-refractivity contribution in [1.29, 1.82) is 0 Å². The van der Waals surface area contributed by atoms with Crippen LogP contribution in [-0.2, 0) is 49.4 Å². The van der Waals surface area contributed by atoms with Crippen molar-refractivity contribution >= 4 is 47.4 Å². The second-order valence-corrected chi connectivity index (χ2v) is 19.6. The molecule has 32 nitrogen and oxygen atoms in total. The van der Waals surface area contributed by atoms with Crippen molar-refractivity contribution in [3.05, 3.63) is 65.7 Å². The third-order valence-electron chi connectivity index (χ3n) is 14.1. The smallest absolute Gasteiger partial charge is 0.246 e. The molecule has 32 heteroatoms. The molecule has 0 saturated carbocycles. The molecule has 22 N–H and O–H groups in total. The van der Waals surface area contributed by atoms with Gasteiger partial charge in [-0.05, 0) is 23.3 Å². The first-order valence-electron chi connectivity index (χ1n) is 25.4. The van der Waals surface area contributed by atoms with Crippen LogP contribution in [0.1, 0.15) is 24.0 Å². The summed E-state index contributed by atoms with van der Waals surface area (Å²) in [5, 5.41) is 126. The summed E-state index contributed by atoms with van der Waals surface area (Å²) in [6.07, 6.45) is -21.5. The molecule has 6 amide bonds. The number of nitrogens with zero attached hydrogens (tertiary/aromatic N) is 2. The molecule has 3 saturated heterocycles. The minimum atomic E-state index is -2.06. The maximum Gasteiger partial charge on any atom is 0.246 e. The summed E-state index contributed by atoms with van der Waals surface area (Å²) in [6.45, 7) is -2.32. The molecule has 80 heavy (non-hydrogen) atoms. The number of aliphatic hydroxyl groups excluding tert-OH is 10. The van der Waals surface area contributed by atoms with Gasteiger partial charge in [0.2, 0.25) is 41.7 Å². The van der Waals surface area contributed by atoms with Crippen LogP contribution in [0, 0.1) is 0 Å². The van der Waals surface area contributed by atoms with E-state index in [0.717, 1.165) is 0 Å². The lowest BCUT2D eigenvalue weighted by molar-refractivity contribution is -0.352. The molecule has 0 bridgehead atoms. The zero-order valence-corrected chi connectivity index (χ0v) is 42.8. The third kappa shape index (κ3) is 14.3. The molecule has 7 rings (SSSR count). The number of aliphatic hydroxyl groups is 10. The molecular formula is C48H68N12O20. The number of carbonyl (C=O) groups is 6. The van der Waals surface area contributed by atoms with E-state index in [1.807, 2.05) is 0 Å². The second kappa shape index (κ2) is 27.0. The lowest BCUT2D eigenvalue weighted by Crippen LogP contribution is -2.67. The predicted octanol–water partition coefficient (Wildman–Crippen LogP) is -11.1. The van der Waals surface area contributed by atoms with Crippen molar-refractivity contribution < 1.29 is 98.8 Å². The molecule has 5 unspecified atom stereocenters. The SMILES string of the molecule is CC(c1ccccc1)[C@@H]1NC(=O)CNC(=O)[C@H](CO)NC(=O)[C@@H](C(O)C2CN=C(N)N2)NC(=O)[C@H](C(O)C2CN=C(N)N2)NC(=O)[C@@H](Cc2ccc(O[C@H]3O[C@H](CO)[C@@H](O[C@H]4O[C@H](CO)[C@@H](O)[C@H](O)[C@@H]4O)[C@H](O)[C@@H]3O)cc2)NC1=O. The Morgan fingerprint density at radius 3 is 1.69 bits per heavy atom. The lowest BCUT2D eigenvalue weighted by atomic mass is 9.92. The molecule has 0 aliphatic carbocycles. The molecular weight excluding hydrogens is 1060 g/mol. The Hall–Kier alpha value is -6.92. The number of nitrogens with two attached hydrogens (primary N) is 2. The zero-order chi connectivity index (χ0) is 58.1. The highest BCUT2D eigenvalue weighted by atomic mass is 16.7. The van der Waals surface area contributed by atoms with Crippen LogP contribution < -0.4 is 58.7 Å². The molecule has 5 heterocycles. The predicted molar refractivity (Wildman–Crippen MR) is 271 cm³/mol. The molecule has 0 radical (unpaired) electrons. The maximum absolute atomic E-state index is 14.8. The van der Waals surface area contributed by atoms with Crippen LogP contribution in [0.5, 0.6) is 5.75 Å². The number of carbonyl (C=O) groups excluding carboxylic acids is 6. The maximum atomic E-state index is 14.8. The van der Waals surface area contributed by atoms with Crippen LogP contribution in [0.4, 0.5) is 0 Å². The largest absolute Gasteiger partial charge is 0.462 e. The fourth-order valence-electron chi connectivity index (χ4n) is 9.45. The van der Waals surface area contributed by atoms with Gasteiger partial charge in [-0.15, -0.1) is 0 Å². The van der Waals surface area contributed by atoms with Gasteiger partial charge in [0.15, 0.2) is 18.2 Å². The highest BCUT2D eigenvalue weighted by molar-refractivity contribution is 5.98. The van der Waals surface area contributed by atoms with Crippen LogP contribution in [0.3, 0.4) is 0 Å². The molecule has 440 valence electrons. The van der Waals surface area contributed by atoms with Crippen LogP contribution in [0.15, 0.2) is 64.6 Å². The van der Waals surface area contributed by atoms with E-state index < -0.39 is 190 Å². The minimum Gasteiger partial charge on any atom is -0.462 e. The number of benzene rings is 2. The van der Waals surface area contributed by atoms with Gasteiger partial charge in [-0.25, -0.2) is 0 Å². The van der Waals surface area contributed by atoms with Crippen LogP contribution >= 0.6 is 0 Å². The van der Waals surface area contributed by atoms with E-state index >= 15 is 0 Å². The zero-order valence-electron chi connectivity index (χ0n) is 42.8. The molecule has 2 aromatic carbocycles. The van der Waals surface area contributed by atoms with Crippen molar-refractivity contribution in [3.8, 4) is 5.75 Å². The summed E-state index contributed by atoms with van der Waals surface area (Å²) in [4.78, 5) is 93.1. The summed E-state index contributed by atoms with van der Waals surface area (Å²) in [7, 11) is 0. The van der Waals surface area contributed by atoms with Gasteiger partial charge in [0, 0.05) is 12.3 Å². The Balaban J connectivity index is 1.18. The number of rotatable bonds is 15. The molecule has 0 spiro atoms. The number of hydrogen-bond acceptors (Lipinski definition) is 26. The number of aliphatic imine (C=N–C) groups is 2. The average Bonchev–Trinajstić information content (AvgIpc) is 4.11. The molecule has 5 aliphatic rings. The Morgan fingerprint density at radius 2 is 1.12 bits per heavy atom. The topological polar surface area (TPSA) is 515 Å². The van der Waals surface area contributed by atoms with Gasteiger partial charge in [0.25, 0.3) is 0 Å². The third-order valence-corrected chi connectivity index (χ3v) is 14.1. The molecule has 5 aliphatic heterocycles. The molecule has 20 atom stereocenters. The Bertz CT molecular complexity index is 2550. The average molecular weight is 1130 g/mol. The van der Waals surface area contributed by atoms with Gasteiger partial charge in [0.1, 0.15) is 97.0 Å². The van der Waals surface area contributed by atoms with Crippen molar-refractivity contribution in [2.75, 3.05) is 39.5 Å². The summed E-state index contributed by atoms with van der Waals surface area (Å²) >= 11 is 0.